The van der Waals surface area contributed by atoms with Crippen molar-refractivity contribution in [2.24, 2.45) is 0 Å². The largest absolute Gasteiger partial charge is 0.444 e. The van der Waals surface area contributed by atoms with Crippen LogP contribution in [0.15, 0.2) is 48.5 Å². The highest BCUT2D eigenvalue weighted by Gasteiger charge is 2.31. The first-order valence-corrected chi connectivity index (χ1v) is 11.1. The minimum atomic E-state index is -4.44. The molecule has 0 saturated heterocycles. The van der Waals surface area contributed by atoms with Crippen LogP contribution >= 0.6 is 0 Å². The molecule has 1 aliphatic carbocycles. The Morgan fingerprint density at radius 1 is 1.12 bits per heavy atom. The molecule has 2 atom stereocenters. The van der Waals surface area contributed by atoms with Gasteiger partial charge >= 0.3 is 12.3 Å². The summed E-state index contributed by atoms with van der Waals surface area (Å²) in [4.78, 5) is 24.4. The van der Waals surface area contributed by atoms with Crippen molar-refractivity contribution in [3.8, 4) is 0 Å². The van der Waals surface area contributed by atoms with Gasteiger partial charge in [-0.05, 0) is 81.0 Å². The van der Waals surface area contributed by atoms with Crippen molar-refractivity contribution in [3.63, 3.8) is 0 Å². The number of ether oxygens (including phenoxy) is 1. The number of carbonyl (C=O) groups is 2. The number of alkyl carbamates (subject to hydrolysis) is 1. The highest BCUT2D eigenvalue weighted by molar-refractivity contribution is 5.92. The monoisotopic (exact) mass is 474 g/mol. The maximum Gasteiger partial charge on any atom is 0.416 e. The van der Waals surface area contributed by atoms with E-state index in [0.29, 0.717) is 5.56 Å². The fraction of sp³-hybridized carbons (Fsp3) is 0.385. The molecule has 2 N–H and O–H groups in total. The number of fused-ring (bicyclic) bond motifs is 1. The number of alkyl halides is 3. The van der Waals surface area contributed by atoms with E-state index in [-0.39, 0.29) is 6.04 Å². The zero-order valence-electron chi connectivity index (χ0n) is 19.6. The first-order valence-electron chi connectivity index (χ1n) is 11.1. The second kappa shape index (κ2) is 9.91. The van der Waals surface area contributed by atoms with Crippen molar-refractivity contribution in [3.05, 3.63) is 76.4 Å². The van der Waals surface area contributed by atoms with Gasteiger partial charge in [-0.2, -0.15) is 13.2 Å². The molecule has 0 aromatic heterocycles. The Morgan fingerprint density at radius 2 is 1.85 bits per heavy atom. The number of carbonyl (C=O) groups excluding carboxylic acids is 2. The van der Waals surface area contributed by atoms with Gasteiger partial charge in [-0.1, -0.05) is 30.3 Å². The van der Waals surface area contributed by atoms with Gasteiger partial charge in [0.15, 0.2) is 0 Å². The molecule has 34 heavy (non-hydrogen) atoms. The Hall–Kier alpha value is -3.29. The second-order valence-corrected chi connectivity index (χ2v) is 9.38. The molecule has 1 aliphatic rings. The molecule has 0 heterocycles. The number of halogens is 3. The Morgan fingerprint density at radius 3 is 2.53 bits per heavy atom. The van der Waals surface area contributed by atoms with E-state index in [0.717, 1.165) is 41.7 Å². The van der Waals surface area contributed by atoms with Gasteiger partial charge in [0, 0.05) is 6.08 Å². The van der Waals surface area contributed by atoms with E-state index in [1.807, 2.05) is 39.0 Å². The zero-order valence-corrected chi connectivity index (χ0v) is 19.6. The molecule has 3 rings (SSSR count). The molecule has 2 unspecified atom stereocenters. The summed E-state index contributed by atoms with van der Waals surface area (Å²) in [5.41, 5.74) is 1.97. The predicted molar refractivity (Wildman–Crippen MR) is 124 cm³/mol. The van der Waals surface area contributed by atoms with E-state index in [1.54, 1.807) is 19.1 Å². The third-order valence-electron chi connectivity index (χ3n) is 5.44. The second-order valence-electron chi connectivity index (χ2n) is 9.38. The number of hydrogen-bond acceptors (Lipinski definition) is 3. The standard InChI is InChI=1S/C26H29F3N2O3/c1-16(18-6-5-7-20(15-18)26(27,28)29)30-23(32)13-9-17-8-11-21-19(14-17)10-12-22(21)31-24(33)34-25(2,3)4/h5-9,11,13-16,22H,10,12H2,1-4H3,(H,30,32)(H,31,33)/b13-9+. The van der Waals surface area contributed by atoms with Crippen LogP contribution in [0.1, 0.15) is 74.0 Å². The van der Waals surface area contributed by atoms with Gasteiger partial charge in [-0.15, -0.1) is 0 Å². The van der Waals surface area contributed by atoms with Gasteiger partial charge in [0.05, 0.1) is 17.6 Å². The topological polar surface area (TPSA) is 67.4 Å². The molecule has 8 heteroatoms. The SMILES string of the molecule is CC(NC(=O)/C=C/c1ccc2c(c1)CCC2NC(=O)OC(C)(C)C)c1cccc(C(F)(F)F)c1. The number of nitrogens with one attached hydrogen (secondary N) is 2. The van der Waals surface area contributed by atoms with Crippen molar-refractivity contribution in [2.75, 3.05) is 0 Å². The maximum atomic E-state index is 12.9. The average Bonchev–Trinajstić information content (AvgIpc) is 3.12. The van der Waals surface area contributed by atoms with E-state index in [9.17, 15) is 22.8 Å². The smallest absolute Gasteiger partial charge is 0.416 e. The highest BCUT2D eigenvalue weighted by Crippen LogP contribution is 2.33. The van der Waals surface area contributed by atoms with Gasteiger partial charge in [-0.3, -0.25) is 4.79 Å². The normalized spacial score (nSPS) is 16.7. The lowest BCUT2D eigenvalue weighted by Gasteiger charge is -2.22. The van der Waals surface area contributed by atoms with Crippen LogP contribution in [0.25, 0.3) is 6.08 Å². The molecule has 2 aromatic rings. The summed E-state index contributed by atoms with van der Waals surface area (Å²) in [6, 6.07) is 9.94. The summed E-state index contributed by atoms with van der Waals surface area (Å²) in [6.45, 7) is 7.06. The first-order chi connectivity index (χ1) is 15.8. The van der Waals surface area contributed by atoms with Crippen LogP contribution in [0.5, 0.6) is 0 Å². The molecule has 0 aliphatic heterocycles. The molecule has 5 nitrogen and oxygen atoms in total. The summed E-state index contributed by atoms with van der Waals surface area (Å²) in [5, 5.41) is 5.59. The van der Waals surface area contributed by atoms with Crippen molar-refractivity contribution in [1.82, 2.24) is 10.6 Å². The highest BCUT2D eigenvalue weighted by atomic mass is 19.4. The molecule has 0 bridgehead atoms. The summed E-state index contributed by atoms with van der Waals surface area (Å²) in [5.74, 6) is -0.408. The van der Waals surface area contributed by atoms with E-state index < -0.39 is 35.4 Å². The van der Waals surface area contributed by atoms with Gasteiger partial charge in [0.1, 0.15) is 5.60 Å². The maximum absolute atomic E-state index is 12.9. The quantitative estimate of drug-likeness (QED) is 0.514. The fourth-order valence-corrected chi connectivity index (χ4v) is 3.84. The minimum absolute atomic E-state index is 0.125. The van der Waals surface area contributed by atoms with Gasteiger partial charge < -0.3 is 15.4 Å². The molecule has 0 fully saturated rings. The first kappa shape index (κ1) is 25.3. The average molecular weight is 475 g/mol. The molecule has 0 radical (unpaired) electrons. The summed E-state index contributed by atoms with van der Waals surface area (Å²) in [6.07, 6.45) is -0.331. The Balaban J connectivity index is 1.60. The predicted octanol–water partition coefficient (Wildman–Crippen LogP) is 6.11. The lowest BCUT2D eigenvalue weighted by molar-refractivity contribution is -0.137. The molecule has 2 aromatic carbocycles. The Labute approximate surface area is 197 Å². The summed E-state index contributed by atoms with van der Waals surface area (Å²) < 4.78 is 44.1. The van der Waals surface area contributed by atoms with Crippen LogP contribution in [0.2, 0.25) is 0 Å². The lowest BCUT2D eigenvalue weighted by atomic mass is 10.0. The fourth-order valence-electron chi connectivity index (χ4n) is 3.84. The van der Waals surface area contributed by atoms with Gasteiger partial charge in [-0.25, -0.2) is 4.79 Å². The van der Waals surface area contributed by atoms with Crippen molar-refractivity contribution in [1.29, 1.82) is 0 Å². The Bertz CT molecular complexity index is 1090. The van der Waals surface area contributed by atoms with Crippen LogP contribution in [0, 0.1) is 0 Å². The third kappa shape index (κ3) is 6.85. The van der Waals surface area contributed by atoms with Crippen molar-refractivity contribution >= 4 is 18.1 Å². The number of benzene rings is 2. The molecule has 0 spiro atoms. The Kier molecular flexibility index (Phi) is 7.38. The van der Waals surface area contributed by atoms with Crippen LogP contribution in [-0.4, -0.2) is 17.6 Å². The molecule has 2 amide bonds. The van der Waals surface area contributed by atoms with E-state index >= 15 is 0 Å². The van der Waals surface area contributed by atoms with Crippen molar-refractivity contribution < 1.29 is 27.5 Å². The summed E-state index contributed by atoms with van der Waals surface area (Å²) in [7, 11) is 0. The zero-order chi connectivity index (χ0) is 25.1. The number of aryl methyl sites for hydroxylation is 1. The van der Waals surface area contributed by atoms with E-state index in [1.165, 1.54) is 12.1 Å². The minimum Gasteiger partial charge on any atom is -0.444 e. The van der Waals surface area contributed by atoms with Gasteiger partial charge in [0.2, 0.25) is 5.91 Å². The third-order valence-corrected chi connectivity index (χ3v) is 5.44. The van der Waals surface area contributed by atoms with Crippen LogP contribution in [0.4, 0.5) is 18.0 Å². The van der Waals surface area contributed by atoms with Crippen LogP contribution < -0.4 is 10.6 Å². The number of amides is 2. The van der Waals surface area contributed by atoms with Crippen molar-refractivity contribution in [2.45, 2.75) is 64.4 Å². The number of rotatable bonds is 5. The van der Waals surface area contributed by atoms with Crippen LogP contribution in [-0.2, 0) is 22.1 Å². The van der Waals surface area contributed by atoms with E-state index in [4.69, 9.17) is 4.74 Å². The molecular formula is C26H29F3N2O3. The van der Waals surface area contributed by atoms with E-state index in [2.05, 4.69) is 10.6 Å². The molecular weight excluding hydrogens is 445 g/mol. The number of hydrogen-bond donors (Lipinski definition) is 2. The lowest BCUT2D eigenvalue weighted by Crippen LogP contribution is -2.34. The molecule has 182 valence electrons. The molecule has 0 saturated carbocycles. The summed E-state index contributed by atoms with van der Waals surface area (Å²) >= 11 is 0. The van der Waals surface area contributed by atoms with Gasteiger partial charge in [0.25, 0.3) is 0 Å². The van der Waals surface area contributed by atoms with Crippen LogP contribution in [0.3, 0.4) is 0 Å².